The molecule has 2 aromatic carbocycles. The van der Waals surface area contributed by atoms with Crippen LogP contribution in [0.15, 0.2) is 48.5 Å². The van der Waals surface area contributed by atoms with Crippen molar-refractivity contribution in [3.8, 4) is 5.75 Å². The zero-order valence-electron chi connectivity index (χ0n) is 14.5. The van der Waals surface area contributed by atoms with Gasteiger partial charge in [0.25, 0.3) is 5.91 Å². The summed E-state index contributed by atoms with van der Waals surface area (Å²) in [6.45, 7) is 6.78. The van der Waals surface area contributed by atoms with Crippen LogP contribution in [0.5, 0.6) is 5.75 Å². The third-order valence-corrected chi connectivity index (χ3v) is 4.63. The van der Waals surface area contributed by atoms with E-state index in [1.54, 1.807) is 12.1 Å². The topological polar surface area (TPSA) is 32.8 Å². The van der Waals surface area contributed by atoms with Crippen LogP contribution in [0.2, 0.25) is 5.02 Å². The van der Waals surface area contributed by atoms with Crippen LogP contribution < -0.4 is 4.74 Å². The third kappa shape index (κ3) is 4.97. The Bertz CT molecular complexity index is 727. The molecule has 1 heterocycles. The Labute approximate surface area is 154 Å². The van der Waals surface area contributed by atoms with Crippen LogP contribution in [-0.4, -0.2) is 55.0 Å². The van der Waals surface area contributed by atoms with Crippen molar-refractivity contribution in [2.75, 3.05) is 39.3 Å². The van der Waals surface area contributed by atoms with Crippen LogP contribution in [0.3, 0.4) is 0 Å². The highest BCUT2D eigenvalue weighted by Gasteiger charge is 2.22. The van der Waals surface area contributed by atoms with Gasteiger partial charge in [0, 0.05) is 43.3 Å². The van der Waals surface area contributed by atoms with Crippen LogP contribution in [0.1, 0.15) is 15.9 Å². The second-order valence-corrected chi connectivity index (χ2v) is 6.75. The minimum atomic E-state index is 0.0539. The minimum Gasteiger partial charge on any atom is -0.492 e. The maximum atomic E-state index is 12.5. The summed E-state index contributed by atoms with van der Waals surface area (Å²) < 4.78 is 5.81. The molecule has 1 aliphatic heterocycles. The van der Waals surface area contributed by atoms with E-state index in [2.05, 4.69) is 17.9 Å². The lowest BCUT2D eigenvalue weighted by Crippen LogP contribution is -2.49. The fraction of sp³-hybridized carbons (Fsp3) is 0.350. The Morgan fingerprint density at radius 1 is 1.08 bits per heavy atom. The lowest BCUT2D eigenvalue weighted by atomic mass is 10.2. The van der Waals surface area contributed by atoms with E-state index in [0.717, 1.165) is 38.5 Å². The normalized spacial score (nSPS) is 15.2. The summed E-state index contributed by atoms with van der Waals surface area (Å²) in [7, 11) is 0. The third-order valence-electron chi connectivity index (χ3n) is 4.40. The van der Waals surface area contributed by atoms with Gasteiger partial charge in [0.2, 0.25) is 0 Å². The maximum Gasteiger partial charge on any atom is 0.253 e. The molecule has 1 fully saturated rings. The summed E-state index contributed by atoms with van der Waals surface area (Å²) >= 11 is 5.98. The van der Waals surface area contributed by atoms with Crippen molar-refractivity contribution in [2.45, 2.75) is 6.92 Å². The Hall–Kier alpha value is -2.04. The lowest BCUT2D eigenvalue weighted by Gasteiger charge is -2.34. The molecule has 0 N–H and O–H groups in total. The van der Waals surface area contributed by atoms with Crippen molar-refractivity contribution in [3.63, 3.8) is 0 Å². The molecule has 0 spiro atoms. The average molecular weight is 359 g/mol. The summed E-state index contributed by atoms with van der Waals surface area (Å²) in [6, 6.07) is 15.2. The van der Waals surface area contributed by atoms with E-state index in [9.17, 15) is 4.79 Å². The van der Waals surface area contributed by atoms with Gasteiger partial charge in [0.1, 0.15) is 12.4 Å². The predicted molar refractivity (Wildman–Crippen MR) is 100 cm³/mol. The fourth-order valence-corrected chi connectivity index (χ4v) is 3.17. The van der Waals surface area contributed by atoms with E-state index < -0.39 is 0 Å². The lowest BCUT2D eigenvalue weighted by molar-refractivity contribution is 0.0620. The first-order chi connectivity index (χ1) is 12.1. The number of piperazine rings is 1. The molecule has 3 rings (SSSR count). The second-order valence-electron chi connectivity index (χ2n) is 6.31. The van der Waals surface area contributed by atoms with E-state index in [1.165, 1.54) is 5.56 Å². The van der Waals surface area contributed by atoms with Gasteiger partial charge < -0.3 is 9.64 Å². The van der Waals surface area contributed by atoms with Crippen molar-refractivity contribution in [3.05, 3.63) is 64.7 Å². The monoisotopic (exact) mass is 358 g/mol. The molecule has 0 saturated carbocycles. The van der Waals surface area contributed by atoms with Crippen molar-refractivity contribution in [1.82, 2.24) is 9.80 Å². The first-order valence-corrected chi connectivity index (χ1v) is 8.96. The molecule has 132 valence electrons. The van der Waals surface area contributed by atoms with Gasteiger partial charge in [-0.2, -0.15) is 0 Å². The molecule has 0 atom stereocenters. The molecule has 1 amide bonds. The fourth-order valence-electron chi connectivity index (χ4n) is 2.98. The number of aryl methyl sites for hydroxylation is 1. The Balaban J connectivity index is 1.43. The van der Waals surface area contributed by atoms with E-state index in [-0.39, 0.29) is 5.91 Å². The Morgan fingerprint density at radius 2 is 1.84 bits per heavy atom. The summed E-state index contributed by atoms with van der Waals surface area (Å²) in [6.07, 6.45) is 0. The summed E-state index contributed by atoms with van der Waals surface area (Å²) in [5.74, 6) is 0.966. The van der Waals surface area contributed by atoms with Crippen LogP contribution in [0, 0.1) is 6.92 Å². The van der Waals surface area contributed by atoms with Gasteiger partial charge in [-0.25, -0.2) is 0 Å². The van der Waals surface area contributed by atoms with E-state index in [0.29, 0.717) is 17.2 Å². The first-order valence-electron chi connectivity index (χ1n) is 8.58. The zero-order chi connectivity index (χ0) is 17.6. The molecular weight excluding hydrogens is 336 g/mol. The number of halogens is 1. The molecule has 1 saturated heterocycles. The SMILES string of the molecule is Cc1cccc(OCCN2CCN(C(=O)c3cccc(Cl)c3)CC2)c1. The highest BCUT2D eigenvalue weighted by Crippen LogP contribution is 2.15. The van der Waals surface area contributed by atoms with Crippen molar-refractivity contribution >= 4 is 17.5 Å². The smallest absolute Gasteiger partial charge is 0.253 e. The van der Waals surface area contributed by atoms with E-state index >= 15 is 0 Å². The molecule has 0 bridgehead atoms. The van der Waals surface area contributed by atoms with Crippen LogP contribution in [0.4, 0.5) is 0 Å². The average Bonchev–Trinajstić information content (AvgIpc) is 2.62. The summed E-state index contributed by atoms with van der Waals surface area (Å²) in [5.41, 5.74) is 1.86. The van der Waals surface area contributed by atoms with Crippen molar-refractivity contribution in [2.24, 2.45) is 0 Å². The number of amides is 1. The molecule has 0 aromatic heterocycles. The molecule has 5 heteroatoms. The first kappa shape index (κ1) is 17.8. The maximum absolute atomic E-state index is 12.5. The summed E-state index contributed by atoms with van der Waals surface area (Å²) in [5, 5.41) is 0.595. The number of hydrogen-bond donors (Lipinski definition) is 0. The highest BCUT2D eigenvalue weighted by molar-refractivity contribution is 6.30. The number of carbonyl (C=O) groups excluding carboxylic acids is 1. The number of ether oxygens (including phenoxy) is 1. The van der Waals surface area contributed by atoms with E-state index in [1.807, 2.05) is 35.2 Å². The number of nitrogens with zero attached hydrogens (tertiary/aromatic N) is 2. The molecular formula is C20H23ClN2O2. The van der Waals surface area contributed by atoms with Crippen molar-refractivity contribution < 1.29 is 9.53 Å². The molecule has 4 nitrogen and oxygen atoms in total. The van der Waals surface area contributed by atoms with Gasteiger partial charge in [0.15, 0.2) is 0 Å². The molecule has 0 unspecified atom stereocenters. The van der Waals surface area contributed by atoms with Gasteiger partial charge >= 0.3 is 0 Å². The van der Waals surface area contributed by atoms with Crippen LogP contribution in [-0.2, 0) is 0 Å². The zero-order valence-corrected chi connectivity index (χ0v) is 15.2. The van der Waals surface area contributed by atoms with Gasteiger partial charge in [-0.1, -0.05) is 29.8 Å². The molecule has 0 aliphatic carbocycles. The predicted octanol–water partition coefficient (Wildman–Crippen LogP) is 3.49. The standard InChI is InChI=1S/C20H23ClN2O2/c1-16-4-2-7-19(14-16)25-13-12-22-8-10-23(11-9-22)20(24)17-5-3-6-18(21)15-17/h2-7,14-15H,8-13H2,1H3. The largest absolute Gasteiger partial charge is 0.492 e. The van der Waals surface area contributed by atoms with E-state index in [4.69, 9.17) is 16.3 Å². The second kappa shape index (κ2) is 8.37. The number of rotatable bonds is 5. The van der Waals surface area contributed by atoms with Gasteiger partial charge in [-0.05, 0) is 42.8 Å². The number of hydrogen-bond acceptors (Lipinski definition) is 3. The molecule has 2 aromatic rings. The summed E-state index contributed by atoms with van der Waals surface area (Å²) in [4.78, 5) is 16.7. The van der Waals surface area contributed by atoms with Gasteiger partial charge in [-0.15, -0.1) is 0 Å². The molecule has 25 heavy (non-hydrogen) atoms. The minimum absolute atomic E-state index is 0.0539. The van der Waals surface area contributed by atoms with Crippen molar-refractivity contribution in [1.29, 1.82) is 0 Å². The molecule has 1 aliphatic rings. The van der Waals surface area contributed by atoms with Crippen LogP contribution in [0.25, 0.3) is 0 Å². The van der Waals surface area contributed by atoms with Crippen LogP contribution >= 0.6 is 11.6 Å². The highest BCUT2D eigenvalue weighted by atomic mass is 35.5. The number of carbonyl (C=O) groups is 1. The molecule has 0 radical (unpaired) electrons. The quantitative estimate of drug-likeness (QED) is 0.820. The number of benzene rings is 2. The Morgan fingerprint density at radius 3 is 2.56 bits per heavy atom. The van der Waals surface area contributed by atoms with Gasteiger partial charge in [0.05, 0.1) is 0 Å². The van der Waals surface area contributed by atoms with Gasteiger partial charge in [-0.3, -0.25) is 9.69 Å². The Kier molecular flexibility index (Phi) is 5.95.